The maximum atomic E-state index is 13.7. The second-order valence-electron chi connectivity index (χ2n) is 5.85. The van der Waals surface area contributed by atoms with Crippen LogP contribution < -0.4 is 10.6 Å². The van der Waals surface area contributed by atoms with Gasteiger partial charge in [0.1, 0.15) is 5.82 Å². The average molecular weight is 383 g/mol. The van der Waals surface area contributed by atoms with Crippen molar-refractivity contribution >= 4 is 40.5 Å². The first-order valence-electron chi connectivity index (χ1n) is 8.21. The molecule has 2 nitrogen and oxygen atoms in total. The molecule has 0 amide bonds. The average Bonchev–Trinajstić information content (AvgIpc) is 2.63. The largest absolute Gasteiger partial charge is 0.332 e. The Morgan fingerprint density at radius 2 is 1.65 bits per heavy atom. The van der Waals surface area contributed by atoms with Gasteiger partial charge in [0.15, 0.2) is 5.11 Å². The quantitative estimate of drug-likeness (QED) is 0.403. The van der Waals surface area contributed by atoms with Gasteiger partial charge >= 0.3 is 0 Å². The molecule has 3 rings (SSSR count). The number of hydrogen-bond donors (Lipinski definition) is 2. The number of thioether (sulfide) groups is 1. The maximum absolute atomic E-state index is 13.7. The van der Waals surface area contributed by atoms with Crippen LogP contribution in [0.2, 0.25) is 0 Å². The fourth-order valence-corrected chi connectivity index (χ4v) is 3.55. The van der Waals surface area contributed by atoms with E-state index in [-0.39, 0.29) is 5.82 Å². The van der Waals surface area contributed by atoms with E-state index >= 15 is 0 Å². The Balaban J connectivity index is 1.59. The molecule has 0 aliphatic heterocycles. The van der Waals surface area contributed by atoms with E-state index in [1.807, 2.05) is 67.6 Å². The second kappa shape index (κ2) is 8.83. The molecule has 0 unspecified atom stereocenters. The molecule has 3 aromatic carbocycles. The molecule has 0 heterocycles. The number of halogens is 1. The molecule has 0 saturated heterocycles. The number of thiocarbonyl (C=S) groups is 1. The maximum Gasteiger partial charge on any atom is 0.175 e. The van der Waals surface area contributed by atoms with Crippen molar-refractivity contribution in [3.05, 3.63) is 89.7 Å². The van der Waals surface area contributed by atoms with Crippen LogP contribution in [0.5, 0.6) is 0 Å². The lowest BCUT2D eigenvalue weighted by Gasteiger charge is -2.12. The SMILES string of the molecule is Cc1ccc(NC(=S)Nc2cccc(SCc3ccccc3F)c2)cc1. The molecule has 0 atom stereocenters. The van der Waals surface area contributed by atoms with Crippen LogP contribution >= 0.6 is 24.0 Å². The zero-order valence-corrected chi connectivity index (χ0v) is 16.0. The summed E-state index contributed by atoms with van der Waals surface area (Å²) < 4.78 is 13.7. The molecule has 2 N–H and O–H groups in total. The summed E-state index contributed by atoms with van der Waals surface area (Å²) in [7, 11) is 0. The standard InChI is InChI=1S/C21H19FN2S2/c1-15-9-11-17(12-10-15)23-21(25)24-18-6-4-7-19(13-18)26-14-16-5-2-3-8-20(16)22/h2-13H,14H2,1H3,(H2,23,24,25). The fourth-order valence-electron chi connectivity index (χ4n) is 2.37. The first kappa shape index (κ1) is 18.4. The summed E-state index contributed by atoms with van der Waals surface area (Å²) >= 11 is 6.96. The fraction of sp³-hybridized carbons (Fsp3) is 0.0952. The van der Waals surface area contributed by atoms with Gasteiger partial charge < -0.3 is 10.6 Å². The van der Waals surface area contributed by atoms with Crippen molar-refractivity contribution < 1.29 is 4.39 Å². The highest BCUT2D eigenvalue weighted by molar-refractivity contribution is 7.98. The van der Waals surface area contributed by atoms with Crippen LogP contribution in [0.4, 0.5) is 15.8 Å². The van der Waals surface area contributed by atoms with Gasteiger partial charge in [0, 0.05) is 22.0 Å². The van der Waals surface area contributed by atoms with Crippen LogP contribution in [0.3, 0.4) is 0 Å². The van der Waals surface area contributed by atoms with Gasteiger partial charge in [0.2, 0.25) is 0 Å². The van der Waals surface area contributed by atoms with Crippen LogP contribution in [0.25, 0.3) is 0 Å². The smallest absolute Gasteiger partial charge is 0.175 e. The molecule has 0 bridgehead atoms. The second-order valence-corrected chi connectivity index (χ2v) is 7.31. The number of anilines is 2. The molecule has 3 aromatic rings. The van der Waals surface area contributed by atoms with Crippen LogP contribution in [0.1, 0.15) is 11.1 Å². The Morgan fingerprint density at radius 1 is 0.923 bits per heavy atom. The third-order valence-electron chi connectivity index (χ3n) is 3.75. The Hall–Kier alpha value is -2.37. The predicted molar refractivity (Wildman–Crippen MR) is 113 cm³/mol. The van der Waals surface area contributed by atoms with Gasteiger partial charge in [-0.15, -0.1) is 11.8 Å². The van der Waals surface area contributed by atoms with Gasteiger partial charge in [-0.3, -0.25) is 0 Å². The number of nitrogens with one attached hydrogen (secondary N) is 2. The Bertz CT molecular complexity index is 895. The molecule has 0 saturated carbocycles. The zero-order valence-electron chi connectivity index (χ0n) is 14.3. The van der Waals surface area contributed by atoms with Crippen molar-refractivity contribution in [2.24, 2.45) is 0 Å². The van der Waals surface area contributed by atoms with Crippen molar-refractivity contribution in [2.45, 2.75) is 17.6 Å². The van der Waals surface area contributed by atoms with Crippen LogP contribution in [-0.4, -0.2) is 5.11 Å². The van der Waals surface area contributed by atoms with E-state index < -0.39 is 0 Å². The van der Waals surface area contributed by atoms with E-state index in [0.29, 0.717) is 16.4 Å². The molecule has 0 aromatic heterocycles. The molecule has 0 spiro atoms. The number of aryl methyl sites for hydroxylation is 1. The van der Waals surface area contributed by atoms with Crippen LogP contribution in [-0.2, 0) is 5.75 Å². The van der Waals surface area contributed by atoms with Gasteiger partial charge in [-0.1, -0.05) is 42.0 Å². The minimum atomic E-state index is -0.169. The minimum Gasteiger partial charge on any atom is -0.332 e. The molecular weight excluding hydrogens is 363 g/mol. The zero-order chi connectivity index (χ0) is 18.4. The summed E-state index contributed by atoms with van der Waals surface area (Å²) in [6.07, 6.45) is 0. The molecule has 0 aliphatic rings. The van der Waals surface area contributed by atoms with E-state index in [9.17, 15) is 4.39 Å². The third-order valence-corrected chi connectivity index (χ3v) is 5.00. The molecular formula is C21H19FN2S2. The van der Waals surface area contributed by atoms with Crippen molar-refractivity contribution in [1.82, 2.24) is 0 Å². The van der Waals surface area contributed by atoms with E-state index in [1.54, 1.807) is 17.8 Å². The van der Waals surface area contributed by atoms with E-state index in [1.165, 1.54) is 11.6 Å². The molecule has 0 radical (unpaired) electrons. The first-order chi connectivity index (χ1) is 12.6. The van der Waals surface area contributed by atoms with Crippen molar-refractivity contribution in [2.75, 3.05) is 10.6 Å². The molecule has 0 fully saturated rings. The van der Waals surface area contributed by atoms with Crippen molar-refractivity contribution in [3.8, 4) is 0 Å². The van der Waals surface area contributed by atoms with Crippen LogP contribution in [0.15, 0.2) is 77.7 Å². The monoisotopic (exact) mass is 382 g/mol. The molecule has 26 heavy (non-hydrogen) atoms. The van der Waals surface area contributed by atoms with E-state index in [0.717, 1.165) is 16.3 Å². The lowest BCUT2D eigenvalue weighted by atomic mass is 10.2. The van der Waals surface area contributed by atoms with Crippen molar-refractivity contribution in [1.29, 1.82) is 0 Å². The predicted octanol–water partition coefficient (Wildman–Crippen LogP) is 6.24. The molecule has 132 valence electrons. The van der Waals surface area contributed by atoms with Crippen LogP contribution in [0, 0.1) is 12.7 Å². The summed E-state index contributed by atoms with van der Waals surface area (Å²) in [5.74, 6) is 0.417. The van der Waals surface area contributed by atoms with Gasteiger partial charge in [-0.2, -0.15) is 0 Å². The third kappa shape index (κ3) is 5.31. The van der Waals surface area contributed by atoms with E-state index in [2.05, 4.69) is 10.6 Å². The number of benzene rings is 3. The summed E-state index contributed by atoms with van der Waals surface area (Å²) in [5.41, 5.74) is 3.74. The molecule has 0 aliphatic carbocycles. The Kier molecular flexibility index (Phi) is 6.26. The summed E-state index contributed by atoms with van der Waals surface area (Å²) in [6, 6.07) is 22.8. The summed E-state index contributed by atoms with van der Waals surface area (Å²) in [5, 5.41) is 6.89. The molecule has 5 heteroatoms. The minimum absolute atomic E-state index is 0.169. The van der Waals surface area contributed by atoms with Crippen molar-refractivity contribution in [3.63, 3.8) is 0 Å². The van der Waals surface area contributed by atoms with E-state index in [4.69, 9.17) is 12.2 Å². The first-order valence-corrected chi connectivity index (χ1v) is 9.60. The van der Waals surface area contributed by atoms with Gasteiger partial charge in [0.25, 0.3) is 0 Å². The number of hydrogen-bond acceptors (Lipinski definition) is 2. The number of rotatable bonds is 5. The van der Waals surface area contributed by atoms with Gasteiger partial charge in [0.05, 0.1) is 0 Å². The lowest BCUT2D eigenvalue weighted by Crippen LogP contribution is -2.18. The summed E-state index contributed by atoms with van der Waals surface area (Å²) in [6.45, 7) is 2.05. The Morgan fingerprint density at radius 3 is 2.42 bits per heavy atom. The summed E-state index contributed by atoms with van der Waals surface area (Å²) in [4.78, 5) is 1.05. The Labute approximate surface area is 162 Å². The highest BCUT2D eigenvalue weighted by Crippen LogP contribution is 2.26. The highest BCUT2D eigenvalue weighted by Gasteiger charge is 2.04. The van der Waals surface area contributed by atoms with Gasteiger partial charge in [-0.25, -0.2) is 4.39 Å². The lowest BCUT2D eigenvalue weighted by molar-refractivity contribution is 0.617. The van der Waals surface area contributed by atoms with Gasteiger partial charge in [-0.05, 0) is 61.1 Å². The topological polar surface area (TPSA) is 24.1 Å². The highest BCUT2D eigenvalue weighted by atomic mass is 32.2. The normalized spacial score (nSPS) is 10.4.